The molecule has 0 spiro atoms. The summed E-state index contributed by atoms with van der Waals surface area (Å²) >= 11 is 0. The minimum Gasteiger partial charge on any atom is -0.318 e. The van der Waals surface area contributed by atoms with Gasteiger partial charge in [0.05, 0.1) is 0 Å². The SMILES string of the molecule is c1c[nH]c([NH2+]c2ccc[nH]2)c1. The van der Waals surface area contributed by atoms with Crippen LogP contribution in [0, 0.1) is 0 Å². The molecule has 0 aliphatic heterocycles. The van der Waals surface area contributed by atoms with Crippen molar-refractivity contribution in [2.45, 2.75) is 0 Å². The lowest BCUT2D eigenvalue weighted by atomic mass is 10.5. The molecule has 0 saturated heterocycles. The molecule has 2 aromatic rings. The lowest BCUT2D eigenvalue weighted by Crippen LogP contribution is -2.71. The van der Waals surface area contributed by atoms with Gasteiger partial charge < -0.3 is 9.97 Å². The summed E-state index contributed by atoms with van der Waals surface area (Å²) in [5.74, 6) is 2.24. The Labute approximate surface area is 64.5 Å². The number of rotatable bonds is 2. The van der Waals surface area contributed by atoms with Crippen LogP contribution in [0.25, 0.3) is 0 Å². The van der Waals surface area contributed by atoms with E-state index in [0.717, 1.165) is 11.6 Å². The van der Waals surface area contributed by atoms with Crippen LogP contribution in [0.3, 0.4) is 0 Å². The lowest BCUT2D eigenvalue weighted by molar-refractivity contribution is -0.486. The number of hydrogen-bond acceptors (Lipinski definition) is 0. The Bertz CT molecular complexity index is 262. The van der Waals surface area contributed by atoms with Crippen LogP contribution in [0.5, 0.6) is 0 Å². The third-order valence-corrected chi connectivity index (χ3v) is 1.56. The van der Waals surface area contributed by atoms with E-state index in [9.17, 15) is 0 Å². The minimum absolute atomic E-state index is 1.12. The number of nitrogens with two attached hydrogens (primary N) is 1. The third-order valence-electron chi connectivity index (χ3n) is 1.56. The highest BCUT2D eigenvalue weighted by Gasteiger charge is 1.98. The van der Waals surface area contributed by atoms with Crippen molar-refractivity contribution < 1.29 is 5.32 Å². The zero-order valence-corrected chi connectivity index (χ0v) is 6.04. The van der Waals surface area contributed by atoms with Gasteiger partial charge in [0.15, 0.2) is 0 Å². The number of aromatic amines is 2. The third kappa shape index (κ3) is 1.33. The molecular weight excluding hydrogens is 138 g/mol. The van der Waals surface area contributed by atoms with E-state index in [4.69, 9.17) is 0 Å². The van der Waals surface area contributed by atoms with Crippen molar-refractivity contribution in [1.82, 2.24) is 9.97 Å². The number of nitrogens with one attached hydrogen (secondary N) is 2. The van der Waals surface area contributed by atoms with Crippen LogP contribution in [0.4, 0.5) is 11.6 Å². The predicted molar refractivity (Wildman–Crippen MR) is 42.8 cm³/mol. The maximum atomic E-state index is 3.10. The van der Waals surface area contributed by atoms with E-state index in [0.29, 0.717) is 0 Å². The van der Waals surface area contributed by atoms with Gasteiger partial charge in [-0.1, -0.05) is 0 Å². The van der Waals surface area contributed by atoms with Gasteiger partial charge in [-0.2, -0.15) is 0 Å². The molecule has 0 aliphatic rings. The highest BCUT2D eigenvalue weighted by atomic mass is 15.0. The zero-order valence-electron chi connectivity index (χ0n) is 6.04. The van der Waals surface area contributed by atoms with Crippen LogP contribution in [-0.4, -0.2) is 9.97 Å². The van der Waals surface area contributed by atoms with Crippen LogP contribution < -0.4 is 5.32 Å². The quantitative estimate of drug-likeness (QED) is 0.566. The topological polar surface area (TPSA) is 48.2 Å². The highest BCUT2D eigenvalue weighted by Crippen LogP contribution is 1.97. The van der Waals surface area contributed by atoms with Crippen molar-refractivity contribution >= 4 is 11.6 Å². The monoisotopic (exact) mass is 148 g/mol. The Morgan fingerprint density at radius 1 is 0.909 bits per heavy atom. The number of H-pyrrole nitrogens is 2. The highest BCUT2D eigenvalue weighted by molar-refractivity contribution is 5.24. The molecule has 0 saturated carbocycles. The Morgan fingerprint density at radius 2 is 1.45 bits per heavy atom. The largest absolute Gasteiger partial charge is 0.318 e. The van der Waals surface area contributed by atoms with Gasteiger partial charge in [-0.15, -0.1) is 0 Å². The van der Waals surface area contributed by atoms with Crippen LogP contribution in [0.2, 0.25) is 0 Å². The van der Waals surface area contributed by atoms with Crippen molar-refractivity contribution in [3.63, 3.8) is 0 Å². The van der Waals surface area contributed by atoms with E-state index >= 15 is 0 Å². The summed E-state index contributed by atoms with van der Waals surface area (Å²) < 4.78 is 0. The van der Waals surface area contributed by atoms with Gasteiger partial charge in [-0.05, 0) is 12.1 Å². The molecular formula is C8H10N3+. The van der Waals surface area contributed by atoms with Gasteiger partial charge in [-0.3, -0.25) is 5.32 Å². The van der Waals surface area contributed by atoms with Gasteiger partial charge in [0.2, 0.25) is 11.6 Å². The average Bonchev–Trinajstić information content (AvgIpc) is 2.60. The summed E-state index contributed by atoms with van der Waals surface area (Å²) in [5, 5.41) is 2.06. The summed E-state index contributed by atoms with van der Waals surface area (Å²) in [6, 6.07) is 8.02. The molecule has 0 aromatic carbocycles. The second-order valence-electron chi connectivity index (χ2n) is 2.40. The summed E-state index contributed by atoms with van der Waals surface area (Å²) in [4.78, 5) is 6.20. The molecule has 3 nitrogen and oxygen atoms in total. The average molecular weight is 148 g/mol. The predicted octanol–water partition coefficient (Wildman–Crippen LogP) is 0.869. The first-order valence-corrected chi connectivity index (χ1v) is 3.57. The van der Waals surface area contributed by atoms with Gasteiger partial charge in [0, 0.05) is 24.5 Å². The first kappa shape index (κ1) is 6.24. The molecule has 4 N–H and O–H groups in total. The van der Waals surface area contributed by atoms with Crippen LogP contribution >= 0.6 is 0 Å². The summed E-state index contributed by atoms with van der Waals surface area (Å²) in [5.41, 5.74) is 0. The fourth-order valence-electron chi connectivity index (χ4n) is 1.04. The van der Waals surface area contributed by atoms with E-state index in [1.54, 1.807) is 0 Å². The number of aromatic nitrogens is 2. The Hall–Kier alpha value is -1.48. The molecule has 2 heterocycles. The molecule has 11 heavy (non-hydrogen) atoms. The van der Waals surface area contributed by atoms with Gasteiger partial charge in [0.25, 0.3) is 0 Å². The van der Waals surface area contributed by atoms with Crippen molar-refractivity contribution in [2.24, 2.45) is 0 Å². The summed E-state index contributed by atoms with van der Waals surface area (Å²) in [6.45, 7) is 0. The Balaban J connectivity index is 2.14. The van der Waals surface area contributed by atoms with Crippen molar-refractivity contribution in [3.05, 3.63) is 36.7 Å². The van der Waals surface area contributed by atoms with E-state index in [2.05, 4.69) is 15.3 Å². The standard InChI is InChI=1S/C8H9N3/c1-3-7(9-5-1)11-8-4-2-6-10-8/h1-6,9-11H/p+1. The second kappa shape index (κ2) is 2.64. The van der Waals surface area contributed by atoms with Crippen molar-refractivity contribution in [3.8, 4) is 0 Å². The van der Waals surface area contributed by atoms with Crippen LogP contribution in [0.1, 0.15) is 0 Å². The Morgan fingerprint density at radius 3 is 1.82 bits per heavy atom. The van der Waals surface area contributed by atoms with E-state index in [-0.39, 0.29) is 0 Å². The minimum atomic E-state index is 1.12. The van der Waals surface area contributed by atoms with Crippen LogP contribution in [0.15, 0.2) is 36.7 Å². The molecule has 3 heteroatoms. The first-order valence-electron chi connectivity index (χ1n) is 3.57. The number of quaternary nitrogens is 1. The molecule has 0 fully saturated rings. The lowest BCUT2D eigenvalue weighted by Gasteiger charge is -1.90. The molecule has 0 amide bonds. The molecule has 56 valence electrons. The summed E-state index contributed by atoms with van der Waals surface area (Å²) in [7, 11) is 0. The molecule has 0 bridgehead atoms. The van der Waals surface area contributed by atoms with Crippen LogP contribution in [-0.2, 0) is 0 Å². The first-order chi connectivity index (χ1) is 5.45. The smallest absolute Gasteiger partial charge is 0.208 e. The van der Waals surface area contributed by atoms with Gasteiger partial charge in [-0.25, -0.2) is 0 Å². The molecule has 0 atom stereocenters. The molecule has 0 unspecified atom stereocenters. The van der Waals surface area contributed by atoms with E-state index in [1.807, 2.05) is 36.7 Å². The Kier molecular flexibility index (Phi) is 1.50. The normalized spacial score (nSPS) is 10.2. The molecule has 2 rings (SSSR count). The second-order valence-corrected chi connectivity index (χ2v) is 2.40. The molecule has 0 aliphatic carbocycles. The maximum Gasteiger partial charge on any atom is 0.208 e. The fourth-order valence-corrected chi connectivity index (χ4v) is 1.04. The van der Waals surface area contributed by atoms with Gasteiger partial charge >= 0.3 is 0 Å². The van der Waals surface area contributed by atoms with Crippen molar-refractivity contribution in [2.75, 3.05) is 0 Å². The number of hydrogen-bond donors (Lipinski definition) is 3. The van der Waals surface area contributed by atoms with E-state index < -0.39 is 0 Å². The van der Waals surface area contributed by atoms with E-state index in [1.165, 1.54) is 0 Å². The maximum absolute atomic E-state index is 3.10. The van der Waals surface area contributed by atoms with Gasteiger partial charge in [0.1, 0.15) is 0 Å². The molecule has 2 aromatic heterocycles. The fraction of sp³-hybridized carbons (Fsp3) is 0. The summed E-state index contributed by atoms with van der Waals surface area (Å²) in [6.07, 6.45) is 3.82. The molecule has 0 radical (unpaired) electrons. The zero-order chi connectivity index (χ0) is 7.52. The van der Waals surface area contributed by atoms with Crippen molar-refractivity contribution in [1.29, 1.82) is 0 Å².